The summed E-state index contributed by atoms with van der Waals surface area (Å²) in [4.78, 5) is 38.3. The number of hydrogen-bond acceptors (Lipinski definition) is 6. The minimum Gasteiger partial charge on any atom is -0.370 e. The Morgan fingerprint density at radius 3 is 2.25 bits per heavy atom. The van der Waals surface area contributed by atoms with Gasteiger partial charge < -0.3 is 21.4 Å². The fourth-order valence-electron chi connectivity index (χ4n) is 7.49. The molecule has 1 atom stereocenters. The molecule has 4 N–H and O–H groups in total. The van der Waals surface area contributed by atoms with Crippen LogP contribution in [0.25, 0.3) is 44.6 Å². The number of pyridine rings is 1. The van der Waals surface area contributed by atoms with Crippen LogP contribution in [0.2, 0.25) is 0 Å². The molecule has 0 spiro atoms. The molecule has 2 aromatic heterocycles. The first-order chi connectivity index (χ1) is 27.0. The van der Waals surface area contributed by atoms with Crippen molar-refractivity contribution in [3.05, 3.63) is 156 Å². The average molecular weight is 729 g/mol. The summed E-state index contributed by atoms with van der Waals surface area (Å²) < 4.78 is 2.19. The first kappa shape index (κ1) is 35.5. The predicted octanol–water partition coefficient (Wildman–Crippen LogP) is 6.83. The molecule has 3 heterocycles. The van der Waals surface area contributed by atoms with Crippen LogP contribution in [0.5, 0.6) is 0 Å². The second-order valence-electron chi connectivity index (χ2n) is 14.0. The fraction of sp³-hybridized carbons (Fsp3) is 0.200. The molecule has 7 aromatic rings. The van der Waals surface area contributed by atoms with E-state index in [-0.39, 0.29) is 12.5 Å². The molecule has 0 bridgehead atoms. The Morgan fingerprint density at radius 1 is 0.727 bits per heavy atom. The first-order valence-electron chi connectivity index (χ1n) is 18.8. The number of imidazole rings is 1. The maximum Gasteiger partial charge on any atom is 0.315 e. The summed E-state index contributed by atoms with van der Waals surface area (Å²) in [6.45, 7) is 4.74. The van der Waals surface area contributed by atoms with Crippen LogP contribution >= 0.6 is 0 Å². The number of amides is 3. The largest absolute Gasteiger partial charge is 0.370 e. The Balaban J connectivity index is 1.04. The zero-order chi connectivity index (χ0) is 37.6. The highest BCUT2D eigenvalue weighted by atomic mass is 16.2. The zero-order valence-corrected chi connectivity index (χ0v) is 30.6. The number of urea groups is 1. The maximum absolute atomic E-state index is 13.3. The summed E-state index contributed by atoms with van der Waals surface area (Å²) in [6.07, 6.45) is 0.591. The van der Waals surface area contributed by atoms with Crippen molar-refractivity contribution in [2.75, 3.05) is 37.7 Å². The van der Waals surface area contributed by atoms with Crippen molar-refractivity contribution in [1.29, 1.82) is 0 Å². The van der Waals surface area contributed by atoms with Gasteiger partial charge in [-0.25, -0.2) is 19.4 Å². The van der Waals surface area contributed by atoms with Gasteiger partial charge in [0, 0.05) is 44.7 Å². The number of nitrogens with zero attached hydrogens (tertiary/aromatic N) is 5. The molecular formula is C45H44N8O2. The molecule has 1 aliphatic rings. The lowest BCUT2D eigenvalue weighted by Gasteiger charge is -2.37. The van der Waals surface area contributed by atoms with Crippen LogP contribution in [-0.4, -0.2) is 64.2 Å². The van der Waals surface area contributed by atoms with Crippen molar-refractivity contribution in [2.45, 2.75) is 25.4 Å². The lowest BCUT2D eigenvalue weighted by Crippen LogP contribution is -2.50. The Kier molecular flexibility index (Phi) is 10.5. The van der Waals surface area contributed by atoms with E-state index < -0.39 is 11.9 Å². The summed E-state index contributed by atoms with van der Waals surface area (Å²) in [5.41, 5.74) is 14.5. The summed E-state index contributed by atoms with van der Waals surface area (Å²) in [5, 5.41) is 9.40. The smallest absolute Gasteiger partial charge is 0.315 e. The van der Waals surface area contributed by atoms with Gasteiger partial charge >= 0.3 is 6.03 Å². The van der Waals surface area contributed by atoms with Gasteiger partial charge in [0.25, 0.3) is 0 Å². The van der Waals surface area contributed by atoms with Gasteiger partial charge in [0.15, 0.2) is 5.82 Å². The Labute approximate surface area is 320 Å². The summed E-state index contributed by atoms with van der Waals surface area (Å²) in [5.74, 6) is 0.226. The van der Waals surface area contributed by atoms with Crippen LogP contribution in [0.15, 0.2) is 140 Å². The number of fused-ring (bicyclic) bond motifs is 2. The van der Waals surface area contributed by atoms with Crippen LogP contribution in [0.4, 0.5) is 4.79 Å². The summed E-state index contributed by atoms with van der Waals surface area (Å²) >= 11 is 0. The van der Waals surface area contributed by atoms with Crippen LogP contribution in [-0.2, 0) is 17.8 Å². The number of para-hydroxylation sites is 1. The van der Waals surface area contributed by atoms with Gasteiger partial charge in [0.05, 0.1) is 29.0 Å². The number of rotatable bonds is 12. The molecule has 276 valence electrons. The highest BCUT2D eigenvalue weighted by Crippen LogP contribution is 2.30. The first-order valence-corrected chi connectivity index (χ1v) is 18.8. The van der Waals surface area contributed by atoms with Crippen molar-refractivity contribution in [3.63, 3.8) is 0 Å². The van der Waals surface area contributed by atoms with Crippen molar-refractivity contribution in [2.24, 2.45) is 5.73 Å². The molecular weight excluding hydrogens is 685 g/mol. The Hall–Kier alpha value is -6.52. The highest BCUT2D eigenvalue weighted by molar-refractivity contribution is 5.85. The van der Waals surface area contributed by atoms with Crippen LogP contribution in [0.1, 0.15) is 29.2 Å². The summed E-state index contributed by atoms with van der Waals surface area (Å²) in [7, 11) is 0. The number of hydrogen-bond donors (Lipinski definition) is 3. The molecule has 1 fully saturated rings. The minimum absolute atomic E-state index is 0.0566. The number of aromatic nitrogens is 3. The summed E-state index contributed by atoms with van der Waals surface area (Å²) in [6, 6.07) is 46.1. The number of carbonyl (C=O) groups excluding carboxylic acids is 2. The molecule has 1 aliphatic heterocycles. The second kappa shape index (κ2) is 16.2. The monoisotopic (exact) mass is 728 g/mol. The Morgan fingerprint density at radius 2 is 1.45 bits per heavy atom. The second-order valence-corrected chi connectivity index (χ2v) is 14.0. The molecule has 10 nitrogen and oxygen atoms in total. The molecule has 0 radical (unpaired) electrons. The van der Waals surface area contributed by atoms with Gasteiger partial charge in [-0.05, 0) is 58.5 Å². The molecule has 0 aliphatic carbocycles. The Bertz CT molecular complexity index is 2420. The highest BCUT2D eigenvalue weighted by Gasteiger charge is 2.25. The maximum atomic E-state index is 13.3. The molecule has 55 heavy (non-hydrogen) atoms. The third kappa shape index (κ3) is 8.19. The number of nitrogens with two attached hydrogens (primary N) is 1. The van der Waals surface area contributed by atoms with E-state index in [2.05, 4.69) is 91.9 Å². The minimum atomic E-state index is -0.646. The third-order valence-corrected chi connectivity index (χ3v) is 10.3. The van der Waals surface area contributed by atoms with Gasteiger partial charge in [-0.2, -0.15) is 0 Å². The zero-order valence-electron chi connectivity index (χ0n) is 30.6. The molecule has 8 rings (SSSR count). The van der Waals surface area contributed by atoms with Crippen LogP contribution in [0.3, 0.4) is 0 Å². The van der Waals surface area contributed by atoms with E-state index in [4.69, 9.17) is 15.7 Å². The molecule has 1 saturated heterocycles. The van der Waals surface area contributed by atoms with E-state index in [1.165, 1.54) is 5.56 Å². The number of piperazine rings is 1. The van der Waals surface area contributed by atoms with Crippen molar-refractivity contribution < 1.29 is 9.59 Å². The van der Waals surface area contributed by atoms with Crippen LogP contribution < -0.4 is 21.4 Å². The topological polar surface area (TPSA) is 121 Å². The molecule has 1 unspecified atom stereocenters. The van der Waals surface area contributed by atoms with E-state index >= 15 is 0 Å². The van der Waals surface area contributed by atoms with Gasteiger partial charge in [0.2, 0.25) is 5.91 Å². The number of primary amides is 1. The lowest BCUT2D eigenvalue weighted by molar-refractivity contribution is -0.118. The third-order valence-electron chi connectivity index (χ3n) is 10.3. The normalized spacial score (nSPS) is 13.9. The lowest BCUT2D eigenvalue weighted by atomic mass is 9.98. The van der Waals surface area contributed by atoms with Crippen molar-refractivity contribution in [3.8, 4) is 22.6 Å². The standard InChI is InChI=1S/C45H44N8O2/c46-43(54)30-40(50-45(55)47-24-23-34-15-7-9-17-37(34)33-13-5-2-6-14-33)36-20-22-42-41(29-36)49-44(39-21-19-35-16-8-10-18-38(35)48-39)53(42)52-27-25-51(26-28-52)31-32-11-3-1-4-12-32/h1-22,29,40H,23-28,30-31H2,(H2,46,54)(H2,47,50,55). The molecule has 10 heteroatoms. The van der Waals surface area contributed by atoms with E-state index in [0.29, 0.717) is 13.0 Å². The fourth-order valence-corrected chi connectivity index (χ4v) is 7.49. The number of nitrogens with one attached hydrogen (secondary N) is 2. The van der Waals surface area contributed by atoms with Gasteiger partial charge in [-0.1, -0.05) is 115 Å². The van der Waals surface area contributed by atoms with E-state index in [9.17, 15) is 9.59 Å². The number of benzene rings is 5. The van der Waals surface area contributed by atoms with Crippen molar-refractivity contribution >= 4 is 33.9 Å². The average Bonchev–Trinajstić information content (AvgIpc) is 3.60. The van der Waals surface area contributed by atoms with Gasteiger partial charge in [-0.15, -0.1) is 0 Å². The van der Waals surface area contributed by atoms with E-state index in [1.54, 1.807) is 0 Å². The molecule has 0 saturated carbocycles. The van der Waals surface area contributed by atoms with E-state index in [0.717, 1.165) is 88.4 Å². The van der Waals surface area contributed by atoms with Crippen molar-refractivity contribution in [1.82, 2.24) is 30.2 Å². The molecule has 3 amide bonds. The number of carbonyl (C=O) groups is 2. The van der Waals surface area contributed by atoms with E-state index in [1.807, 2.05) is 72.8 Å². The quantitative estimate of drug-likeness (QED) is 0.127. The van der Waals surface area contributed by atoms with Crippen LogP contribution in [0, 0.1) is 0 Å². The molecule has 5 aromatic carbocycles. The SMILES string of the molecule is NC(=O)CC(NC(=O)NCCc1ccccc1-c1ccccc1)c1ccc2c(c1)nc(-c1ccc3ccccc3n1)n2N1CCN(Cc2ccccc2)CC1. The predicted molar refractivity (Wildman–Crippen MR) is 219 cm³/mol. The van der Waals surface area contributed by atoms with Gasteiger partial charge in [-0.3, -0.25) is 9.69 Å². The van der Waals surface area contributed by atoms with Gasteiger partial charge in [0.1, 0.15) is 5.69 Å².